The SMILES string of the molecule is COCCS(=O)Cc1cccc(NC(=O)Cc2ccc(N)cc2)c1. The zero-order valence-electron chi connectivity index (χ0n) is 13.7. The van der Waals surface area contributed by atoms with E-state index in [2.05, 4.69) is 5.32 Å². The molecule has 2 rings (SSSR count). The largest absolute Gasteiger partial charge is 0.399 e. The van der Waals surface area contributed by atoms with E-state index < -0.39 is 10.8 Å². The minimum Gasteiger partial charge on any atom is -0.399 e. The summed E-state index contributed by atoms with van der Waals surface area (Å²) in [5, 5.41) is 2.87. The van der Waals surface area contributed by atoms with Gasteiger partial charge in [-0.2, -0.15) is 0 Å². The summed E-state index contributed by atoms with van der Waals surface area (Å²) in [7, 11) is 0.617. The van der Waals surface area contributed by atoms with Gasteiger partial charge < -0.3 is 15.8 Å². The van der Waals surface area contributed by atoms with Crippen molar-refractivity contribution in [1.29, 1.82) is 0 Å². The maximum atomic E-state index is 12.1. The van der Waals surface area contributed by atoms with Crippen molar-refractivity contribution in [3.8, 4) is 0 Å². The molecule has 24 heavy (non-hydrogen) atoms. The Morgan fingerprint density at radius 1 is 1.17 bits per heavy atom. The summed E-state index contributed by atoms with van der Waals surface area (Å²) in [6, 6.07) is 14.7. The molecule has 0 aromatic heterocycles. The molecule has 5 nitrogen and oxygen atoms in total. The Morgan fingerprint density at radius 3 is 2.62 bits per heavy atom. The van der Waals surface area contributed by atoms with Gasteiger partial charge in [-0.3, -0.25) is 9.00 Å². The second kappa shape index (κ2) is 9.20. The third-order valence-corrected chi connectivity index (χ3v) is 4.68. The number of nitrogen functional groups attached to an aromatic ring is 1. The minimum atomic E-state index is -0.975. The van der Waals surface area contributed by atoms with Crippen LogP contribution in [0.15, 0.2) is 48.5 Å². The number of amides is 1. The van der Waals surface area contributed by atoms with E-state index in [-0.39, 0.29) is 12.3 Å². The first kappa shape index (κ1) is 18.2. The fraction of sp³-hybridized carbons (Fsp3) is 0.278. The molecule has 0 aliphatic rings. The van der Waals surface area contributed by atoms with Crippen LogP contribution in [0, 0.1) is 0 Å². The smallest absolute Gasteiger partial charge is 0.228 e. The second-order valence-corrected chi connectivity index (χ2v) is 7.02. The predicted octanol–water partition coefficient (Wildman–Crippen LogP) is 2.35. The van der Waals surface area contributed by atoms with Crippen molar-refractivity contribution in [3.05, 3.63) is 59.7 Å². The molecule has 0 fully saturated rings. The van der Waals surface area contributed by atoms with Crippen LogP contribution in [0.25, 0.3) is 0 Å². The van der Waals surface area contributed by atoms with Gasteiger partial charge in [-0.25, -0.2) is 0 Å². The Hall–Kier alpha value is -2.18. The molecule has 0 aliphatic heterocycles. The van der Waals surface area contributed by atoms with Crippen LogP contribution in [0.4, 0.5) is 11.4 Å². The Kier molecular flexibility index (Phi) is 6.96. The molecule has 0 bridgehead atoms. The van der Waals surface area contributed by atoms with E-state index in [0.29, 0.717) is 29.5 Å². The van der Waals surface area contributed by atoms with Gasteiger partial charge >= 0.3 is 0 Å². The van der Waals surface area contributed by atoms with Crippen molar-refractivity contribution >= 4 is 28.1 Å². The molecule has 2 aromatic rings. The molecule has 0 radical (unpaired) electrons. The standard InChI is InChI=1S/C18H22N2O3S/c1-23-9-10-24(22)13-15-3-2-4-17(11-15)20-18(21)12-14-5-7-16(19)8-6-14/h2-8,11H,9-10,12-13,19H2,1H3,(H,20,21). The summed E-state index contributed by atoms with van der Waals surface area (Å²) in [5.74, 6) is 0.854. The topological polar surface area (TPSA) is 81.4 Å². The highest BCUT2D eigenvalue weighted by molar-refractivity contribution is 7.84. The van der Waals surface area contributed by atoms with E-state index in [0.717, 1.165) is 11.1 Å². The molecule has 1 unspecified atom stereocenters. The van der Waals surface area contributed by atoms with Gasteiger partial charge in [-0.05, 0) is 35.4 Å². The molecular formula is C18H22N2O3S. The number of ether oxygens (including phenoxy) is 1. The third-order valence-electron chi connectivity index (χ3n) is 3.40. The lowest BCUT2D eigenvalue weighted by atomic mass is 10.1. The second-order valence-electron chi connectivity index (χ2n) is 5.45. The molecule has 3 N–H and O–H groups in total. The number of nitrogens with one attached hydrogen (secondary N) is 1. The van der Waals surface area contributed by atoms with Gasteiger partial charge in [0.05, 0.1) is 13.0 Å². The van der Waals surface area contributed by atoms with Gasteiger partial charge in [0.25, 0.3) is 0 Å². The molecule has 0 spiro atoms. The third kappa shape index (κ3) is 6.14. The molecule has 0 heterocycles. The normalized spacial score (nSPS) is 11.9. The van der Waals surface area contributed by atoms with Crippen molar-refractivity contribution in [2.45, 2.75) is 12.2 Å². The van der Waals surface area contributed by atoms with Crippen LogP contribution in [-0.2, 0) is 32.5 Å². The fourth-order valence-electron chi connectivity index (χ4n) is 2.20. The molecule has 128 valence electrons. The maximum absolute atomic E-state index is 12.1. The fourth-order valence-corrected chi connectivity index (χ4v) is 3.25. The van der Waals surface area contributed by atoms with Crippen LogP contribution >= 0.6 is 0 Å². The maximum Gasteiger partial charge on any atom is 0.228 e. The highest BCUT2D eigenvalue weighted by Crippen LogP contribution is 2.14. The van der Waals surface area contributed by atoms with Crippen molar-refractivity contribution in [2.75, 3.05) is 30.5 Å². The summed E-state index contributed by atoms with van der Waals surface area (Å²) in [6.45, 7) is 0.477. The Balaban J connectivity index is 1.92. The Bertz CT molecular complexity index is 702. The average molecular weight is 346 g/mol. The molecular weight excluding hydrogens is 324 g/mol. The summed E-state index contributed by atoms with van der Waals surface area (Å²) in [4.78, 5) is 12.1. The number of carbonyl (C=O) groups is 1. The number of nitrogens with two attached hydrogens (primary N) is 1. The van der Waals surface area contributed by atoms with Crippen LogP contribution in [0.5, 0.6) is 0 Å². The molecule has 6 heteroatoms. The molecule has 0 aliphatic carbocycles. The first-order valence-corrected chi connectivity index (χ1v) is 9.13. The highest BCUT2D eigenvalue weighted by Gasteiger charge is 2.06. The van der Waals surface area contributed by atoms with Crippen molar-refractivity contribution < 1.29 is 13.7 Å². The number of hydrogen-bond acceptors (Lipinski definition) is 4. The van der Waals surface area contributed by atoms with E-state index in [9.17, 15) is 9.00 Å². The van der Waals surface area contributed by atoms with Crippen LogP contribution in [0.2, 0.25) is 0 Å². The summed E-state index contributed by atoms with van der Waals surface area (Å²) in [5.41, 5.74) is 8.84. The van der Waals surface area contributed by atoms with Crippen LogP contribution in [0.3, 0.4) is 0 Å². The number of benzene rings is 2. The number of anilines is 2. The lowest BCUT2D eigenvalue weighted by Crippen LogP contribution is -2.14. The number of rotatable bonds is 8. The van der Waals surface area contributed by atoms with Crippen LogP contribution < -0.4 is 11.1 Å². The average Bonchev–Trinajstić information content (AvgIpc) is 2.55. The zero-order chi connectivity index (χ0) is 17.4. The quantitative estimate of drug-likeness (QED) is 0.719. The lowest BCUT2D eigenvalue weighted by molar-refractivity contribution is -0.115. The predicted molar refractivity (Wildman–Crippen MR) is 98.2 cm³/mol. The molecule has 1 atom stereocenters. The molecule has 0 saturated carbocycles. The Morgan fingerprint density at radius 2 is 1.92 bits per heavy atom. The minimum absolute atomic E-state index is 0.0996. The van der Waals surface area contributed by atoms with Gasteiger partial charge in [0.1, 0.15) is 0 Å². The van der Waals surface area contributed by atoms with E-state index in [1.807, 2.05) is 36.4 Å². The first-order chi connectivity index (χ1) is 11.6. The Labute approximate surface area is 144 Å². The zero-order valence-corrected chi connectivity index (χ0v) is 14.5. The van der Waals surface area contributed by atoms with Crippen LogP contribution in [-0.4, -0.2) is 29.6 Å². The molecule has 0 saturated heterocycles. The van der Waals surface area contributed by atoms with Crippen molar-refractivity contribution in [1.82, 2.24) is 0 Å². The highest BCUT2D eigenvalue weighted by atomic mass is 32.2. The van der Waals surface area contributed by atoms with Crippen LogP contribution in [0.1, 0.15) is 11.1 Å². The van der Waals surface area contributed by atoms with Gasteiger partial charge in [-0.15, -0.1) is 0 Å². The molecule has 2 aromatic carbocycles. The monoisotopic (exact) mass is 346 g/mol. The van der Waals surface area contributed by atoms with E-state index in [1.54, 1.807) is 19.2 Å². The van der Waals surface area contributed by atoms with Crippen molar-refractivity contribution in [3.63, 3.8) is 0 Å². The summed E-state index contributed by atoms with van der Waals surface area (Å²) in [6.07, 6.45) is 0.282. The van der Waals surface area contributed by atoms with Gasteiger partial charge in [0.15, 0.2) is 0 Å². The van der Waals surface area contributed by atoms with E-state index >= 15 is 0 Å². The van der Waals surface area contributed by atoms with E-state index in [1.165, 1.54) is 0 Å². The number of carbonyl (C=O) groups excluding carboxylic acids is 1. The summed E-state index contributed by atoms with van der Waals surface area (Å²) < 4.78 is 16.8. The number of methoxy groups -OCH3 is 1. The first-order valence-electron chi connectivity index (χ1n) is 7.64. The molecule has 1 amide bonds. The van der Waals surface area contributed by atoms with Crippen molar-refractivity contribution in [2.24, 2.45) is 0 Å². The van der Waals surface area contributed by atoms with Gasteiger partial charge in [0, 0.05) is 40.8 Å². The van der Waals surface area contributed by atoms with E-state index in [4.69, 9.17) is 10.5 Å². The lowest BCUT2D eigenvalue weighted by Gasteiger charge is -2.08. The van der Waals surface area contributed by atoms with Gasteiger partial charge in [0.2, 0.25) is 5.91 Å². The van der Waals surface area contributed by atoms with Gasteiger partial charge in [-0.1, -0.05) is 24.3 Å². The number of hydrogen-bond donors (Lipinski definition) is 2. The summed E-state index contributed by atoms with van der Waals surface area (Å²) >= 11 is 0.